The molecule has 2 fully saturated rings. The van der Waals surface area contributed by atoms with Crippen LogP contribution in [-0.2, 0) is 9.53 Å². The largest absolute Gasteiger partial charge is 0.442 e. The Hall–Kier alpha value is -3.08. The Kier molecular flexibility index (Phi) is 5.83. The molecule has 1 aromatic carbocycles. The summed E-state index contributed by atoms with van der Waals surface area (Å²) in [6.45, 7) is 12.2. The second-order valence-corrected chi connectivity index (χ2v) is 7.12. The standard InChI is InChI=1S/C20H23FN4O3/c1-13-11-24(7-6-15(13)9-22-3)19-5-4-16(8-18(19)21)25-12-17(28-20(25)27)10-23-14(2)26/h4-5,8-9,13,17H,6-7,10-12H2,1-2H3,(H,23,26)/b15-9+/t13?,17-/m0/s1. The first-order valence-electron chi connectivity index (χ1n) is 9.21. The predicted molar refractivity (Wildman–Crippen MR) is 103 cm³/mol. The number of piperidine rings is 1. The molecule has 0 bridgehead atoms. The zero-order valence-electron chi connectivity index (χ0n) is 15.9. The van der Waals surface area contributed by atoms with E-state index in [0.717, 1.165) is 12.0 Å². The fraction of sp³-hybridized carbons (Fsp3) is 0.450. The molecule has 2 amide bonds. The summed E-state index contributed by atoms with van der Waals surface area (Å²) in [4.78, 5) is 29.8. The van der Waals surface area contributed by atoms with Crippen molar-refractivity contribution in [3.05, 3.63) is 47.2 Å². The summed E-state index contributed by atoms with van der Waals surface area (Å²) in [5.74, 6) is -0.416. The number of nitrogens with zero attached hydrogens (tertiary/aromatic N) is 3. The fourth-order valence-corrected chi connectivity index (χ4v) is 3.56. The highest BCUT2D eigenvalue weighted by Gasteiger charge is 2.33. The van der Waals surface area contributed by atoms with Crippen LogP contribution in [-0.4, -0.2) is 44.3 Å². The number of amides is 2. The number of benzene rings is 1. The van der Waals surface area contributed by atoms with E-state index in [9.17, 15) is 14.0 Å². The smallest absolute Gasteiger partial charge is 0.414 e. The van der Waals surface area contributed by atoms with E-state index in [1.165, 1.54) is 17.9 Å². The molecule has 2 heterocycles. The monoisotopic (exact) mass is 386 g/mol. The summed E-state index contributed by atoms with van der Waals surface area (Å²) >= 11 is 0. The first-order valence-corrected chi connectivity index (χ1v) is 9.21. The number of hydrogen-bond donors (Lipinski definition) is 1. The molecular weight excluding hydrogens is 363 g/mol. The summed E-state index contributed by atoms with van der Waals surface area (Å²) in [5, 5.41) is 2.61. The Labute approximate surface area is 163 Å². The number of cyclic esters (lactones) is 1. The molecule has 1 unspecified atom stereocenters. The van der Waals surface area contributed by atoms with Gasteiger partial charge in [-0.2, -0.15) is 0 Å². The summed E-state index contributed by atoms with van der Waals surface area (Å²) in [5.41, 5.74) is 2.00. The molecule has 1 N–H and O–H groups in total. The quantitative estimate of drug-likeness (QED) is 0.808. The Morgan fingerprint density at radius 3 is 2.89 bits per heavy atom. The molecule has 8 heteroatoms. The Morgan fingerprint density at radius 1 is 1.46 bits per heavy atom. The molecule has 2 aliphatic heterocycles. The van der Waals surface area contributed by atoms with Crippen molar-refractivity contribution in [2.45, 2.75) is 26.4 Å². The Balaban J connectivity index is 1.69. The molecule has 7 nitrogen and oxygen atoms in total. The van der Waals surface area contributed by atoms with Gasteiger partial charge >= 0.3 is 6.09 Å². The molecule has 148 valence electrons. The highest BCUT2D eigenvalue weighted by Crippen LogP contribution is 2.32. The van der Waals surface area contributed by atoms with Crippen molar-refractivity contribution < 1.29 is 18.7 Å². The van der Waals surface area contributed by atoms with Crippen molar-refractivity contribution >= 4 is 23.4 Å². The predicted octanol–water partition coefficient (Wildman–Crippen LogP) is 2.94. The van der Waals surface area contributed by atoms with Crippen LogP contribution in [0.3, 0.4) is 0 Å². The van der Waals surface area contributed by atoms with Gasteiger partial charge in [0.2, 0.25) is 5.91 Å². The maximum absolute atomic E-state index is 14.8. The number of carbonyl (C=O) groups is 2. The molecule has 0 aliphatic carbocycles. The van der Waals surface area contributed by atoms with E-state index in [0.29, 0.717) is 24.5 Å². The van der Waals surface area contributed by atoms with Crippen LogP contribution >= 0.6 is 0 Å². The van der Waals surface area contributed by atoms with Crippen molar-refractivity contribution in [1.82, 2.24) is 5.32 Å². The number of carbonyl (C=O) groups excluding carboxylic acids is 2. The minimum atomic E-state index is -0.553. The van der Waals surface area contributed by atoms with Gasteiger partial charge in [-0.15, -0.1) is 0 Å². The van der Waals surface area contributed by atoms with Crippen molar-refractivity contribution in [2.24, 2.45) is 5.92 Å². The van der Waals surface area contributed by atoms with Crippen LogP contribution in [0.2, 0.25) is 0 Å². The SMILES string of the molecule is [C-]#[N+]/C=C1\CCN(c2ccc(N3C[C@H](CNC(C)=O)OC3=O)cc2F)CC1C. The van der Waals surface area contributed by atoms with Gasteiger partial charge in [0.1, 0.15) is 11.9 Å². The zero-order chi connectivity index (χ0) is 20.3. The third kappa shape index (κ3) is 4.25. The summed E-state index contributed by atoms with van der Waals surface area (Å²) in [6, 6.07) is 4.72. The maximum atomic E-state index is 14.8. The third-order valence-electron chi connectivity index (χ3n) is 5.06. The molecule has 1 aromatic rings. The van der Waals surface area contributed by atoms with Gasteiger partial charge in [0.05, 0.1) is 31.0 Å². The molecule has 0 saturated carbocycles. The first kappa shape index (κ1) is 19.7. The van der Waals surface area contributed by atoms with Gasteiger partial charge in [-0.1, -0.05) is 12.5 Å². The number of rotatable bonds is 4. The lowest BCUT2D eigenvalue weighted by molar-refractivity contribution is -0.119. The molecule has 28 heavy (non-hydrogen) atoms. The summed E-state index contributed by atoms with van der Waals surface area (Å²) < 4.78 is 20.0. The van der Waals surface area contributed by atoms with Crippen LogP contribution in [0.25, 0.3) is 4.85 Å². The van der Waals surface area contributed by atoms with Crippen LogP contribution < -0.4 is 15.1 Å². The molecule has 0 radical (unpaired) electrons. The number of hydrogen-bond acceptors (Lipinski definition) is 4. The van der Waals surface area contributed by atoms with E-state index in [-0.39, 0.29) is 24.9 Å². The van der Waals surface area contributed by atoms with Gasteiger partial charge < -0.3 is 15.0 Å². The highest BCUT2D eigenvalue weighted by atomic mass is 19.1. The van der Waals surface area contributed by atoms with Crippen LogP contribution in [0, 0.1) is 18.3 Å². The second-order valence-electron chi connectivity index (χ2n) is 7.12. The number of ether oxygens (including phenoxy) is 1. The number of anilines is 2. The average Bonchev–Trinajstić information content (AvgIpc) is 3.02. The van der Waals surface area contributed by atoms with Gasteiger partial charge in [-0.05, 0) is 30.5 Å². The van der Waals surface area contributed by atoms with Gasteiger partial charge in [0, 0.05) is 20.0 Å². The fourth-order valence-electron chi connectivity index (χ4n) is 3.56. The third-order valence-corrected chi connectivity index (χ3v) is 5.06. The molecule has 2 aliphatic rings. The summed E-state index contributed by atoms with van der Waals surface area (Å²) in [6.07, 6.45) is 1.28. The maximum Gasteiger partial charge on any atom is 0.414 e. The Morgan fingerprint density at radius 2 is 2.25 bits per heavy atom. The van der Waals surface area contributed by atoms with Crippen molar-refractivity contribution in [3.8, 4) is 0 Å². The van der Waals surface area contributed by atoms with E-state index >= 15 is 0 Å². The van der Waals surface area contributed by atoms with Gasteiger partial charge in [0.25, 0.3) is 0 Å². The lowest BCUT2D eigenvalue weighted by Gasteiger charge is -2.35. The minimum absolute atomic E-state index is 0.185. The van der Waals surface area contributed by atoms with Crippen molar-refractivity contribution in [3.63, 3.8) is 0 Å². The van der Waals surface area contributed by atoms with Crippen LogP contribution in [0.1, 0.15) is 20.3 Å². The first-order chi connectivity index (χ1) is 13.4. The number of halogens is 1. The molecular formula is C20H23FN4O3. The lowest BCUT2D eigenvalue weighted by Crippen LogP contribution is -2.36. The zero-order valence-corrected chi connectivity index (χ0v) is 15.9. The van der Waals surface area contributed by atoms with Gasteiger partial charge in [-0.3, -0.25) is 9.69 Å². The topological polar surface area (TPSA) is 66.2 Å². The molecule has 2 atom stereocenters. The van der Waals surface area contributed by atoms with Crippen molar-refractivity contribution in [1.29, 1.82) is 0 Å². The van der Waals surface area contributed by atoms with Gasteiger partial charge in [0.15, 0.2) is 6.20 Å². The summed E-state index contributed by atoms with van der Waals surface area (Å²) in [7, 11) is 0. The number of nitrogens with one attached hydrogen (secondary N) is 1. The van der Waals surface area contributed by atoms with E-state index in [4.69, 9.17) is 11.3 Å². The minimum Gasteiger partial charge on any atom is -0.442 e. The normalized spacial score (nSPS) is 23.5. The lowest BCUT2D eigenvalue weighted by atomic mass is 9.93. The average molecular weight is 386 g/mol. The highest BCUT2D eigenvalue weighted by molar-refractivity contribution is 5.90. The van der Waals surface area contributed by atoms with Crippen LogP contribution in [0.4, 0.5) is 20.6 Å². The van der Waals surface area contributed by atoms with E-state index < -0.39 is 18.0 Å². The van der Waals surface area contributed by atoms with E-state index in [1.54, 1.807) is 18.3 Å². The Bertz CT molecular complexity index is 848. The molecule has 3 rings (SSSR count). The molecule has 2 saturated heterocycles. The second kappa shape index (κ2) is 8.30. The van der Waals surface area contributed by atoms with Crippen LogP contribution in [0.15, 0.2) is 30.0 Å². The van der Waals surface area contributed by atoms with Gasteiger partial charge in [-0.25, -0.2) is 14.0 Å². The van der Waals surface area contributed by atoms with Crippen LogP contribution in [0.5, 0.6) is 0 Å². The molecule has 0 aromatic heterocycles. The van der Waals surface area contributed by atoms with Crippen molar-refractivity contribution in [2.75, 3.05) is 36.0 Å². The van der Waals surface area contributed by atoms with E-state index in [1.807, 2.05) is 11.8 Å². The molecule has 0 spiro atoms. The van der Waals surface area contributed by atoms with E-state index in [2.05, 4.69) is 10.2 Å².